The molecule has 0 N–H and O–H groups in total. The van der Waals surface area contributed by atoms with Crippen LogP contribution >= 0.6 is 24.4 Å². The first-order valence-electron chi connectivity index (χ1n) is 8.52. The van der Waals surface area contributed by atoms with Crippen LogP contribution in [0.1, 0.15) is 0 Å². The van der Waals surface area contributed by atoms with Crippen LogP contribution in [0.3, 0.4) is 0 Å². The molecule has 0 aromatic heterocycles. The number of thiol groups is 1. The third kappa shape index (κ3) is 3.72. The molecule has 0 fully saturated rings. The van der Waals surface area contributed by atoms with Gasteiger partial charge in [-0.25, -0.2) is 0 Å². The van der Waals surface area contributed by atoms with Gasteiger partial charge in [0.05, 0.1) is 0 Å². The van der Waals surface area contributed by atoms with Crippen LogP contribution in [0, 0.1) is 0 Å². The summed E-state index contributed by atoms with van der Waals surface area (Å²) in [5.41, 5.74) is 4.84. The lowest BCUT2D eigenvalue weighted by molar-refractivity contribution is 1.25. The van der Waals surface area contributed by atoms with Gasteiger partial charge in [-0.1, -0.05) is 96.7 Å². The molecule has 0 atom stereocenters. The third-order valence-corrected chi connectivity index (χ3v) is 5.97. The van der Waals surface area contributed by atoms with Gasteiger partial charge in [-0.05, 0) is 40.5 Å². The number of hydrogen-bond donors (Lipinski definition) is 1. The van der Waals surface area contributed by atoms with E-state index in [9.17, 15) is 0 Å². The minimum atomic E-state index is 1.02. The topological polar surface area (TPSA) is 0 Å². The van der Waals surface area contributed by atoms with E-state index in [-0.39, 0.29) is 0 Å². The average Bonchev–Trinajstić information content (AvgIpc) is 2.71. The molecule has 0 nitrogen and oxygen atoms in total. The van der Waals surface area contributed by atoms with E-state index < -0.39 is 0 Å². The number of benzene rings is 4. The Kier molecular flexibility index (Phi) is 5.14. The summed E-state index contributed by atoms with van der Waals surface area (Å²) in [5, 5.41) is 0. The summed E-state index contributed by atoms with van der Waals surface area (Å²) in [6.07, 6.45) is 0. The summed E-state index contributed by atoms with van der Waals surface area (Å²) in [5.74, 6) is 0. The minimum absolute atomic E-state index is 1.02. The van der Waals surface area contributed by atoms with Gasteiger partial charge in [0.1, 0.15) is 0 Å². The van der Waals surface area contributed by atoms with Crippen molar-refractivity contribution >= 4 is 24.4 Å². The summed E-state index contributed by atoms with van der Waals surface area (Å²) in [4.78, 5) is 3.41. The molecule has 0 aliphatic heterocycles. The van der Waals surface area contributed by atoms with Crippen molar-refractivity contribution in [1.29, 1.82) is 0 Å². The molecule has 0 spiro atoms. The van der Waals surface area contributed by atoms with Gasteiger partial charge >= 0.3 is 0 Å². The van der Waals surface area contributed by atoms with E-state index in [1.165, 1.54) is 32.0 Å². The standard InChI is InChI=1S/C24H18S2/c25-24-22(20-10-5-2-6-11-20)12-7-13-23(24)26-21-16-14-19(15-17-21)18-8-3-1-4-9-18/h1-17,25H. The average molecular weight is 371 g/mol. The second kappa shape index (κ2) is 7.86. The van der Waals surface area contributed by atoms with Crippen LogP contribution in [-0.4, -0.2) is 0 Å². The molecule has 0 unspecified atom stereocenters. The second-order valence-corrected chi connectivity index (χ2v) is 7.57. The van der Waals surface area contributed by atoms with Crippen molar-refractivity contribution in [2.45, 2.75) is 14.7 Å². The molecule has 2 heteroatoms. The maximum absolute atomic E-state index is 4.81. The first-order valence-corrected chi connectivity index (χ1v) is 9.78. The van der Waals surface area contributed by atoms with Crippen LogP contribution in [0.2, 0.25) is 0 Å². The molecule has 4 aromatic carbocycles. The van der Waals surface area contributed by atoms with E-state index in [1.54, 1.807) is 11.8 Å². The Balaban J connectivity index is 1.60. The van der Waals surface area contributed by atoms with Crippen LogP contribution in [0.25, 0.3) is 22.3 Å². The summed E-state index contributed by atoms with van der Waals surface area (Å²) < 4.78 is 0. The maximum Gasteiger partial charge on any atom is 0.0262 e. The van der Waals surface area contributed by atoms with Crippen LogP contribution < -0.4 is 0 Å². The van der Waals surface area contributed by atoms with E-state index in [1.807, 2.05) is 12.1 Å². The van der Waals surface area contributed by atoms with Crippen LogP contribution in [0.5, 0.6) is 0 Å². The van der Waals surface area contributed by atoms with Crippen LogP contribution in [0.15, 0.2) is 118 Å². The highest BCUT2D eigenvalue weighted by Crippen LogP contribution is 2.38. The zero-order valence-electron chi connectivity index (χ0n) is 14.2. The smallest absolute Gasteiger partial charge is 0.0262 e. The quantitative estimate of drug-likeness (QED) is 0.364. The fraction of sp³-hybridized carbons (Fsp3) is 0. The Morgan fingerprint density at radius 2 is 1.08 bits per heavy atom. The minimum Gasteiger partial charge on any atom is -0.142 e. The van der Waals surface area contributed by atoms with Crippen molar-refractivity contribution in [3.63, 3.8) is 0 Å². The van der Waals surface area contributed by atoms with Crippen molar-refractivity contribution in [2.24, 2.45) is 0 Å². The normalized spacial score (nSPS) is 10.7. The SMILES string of the molecule is Sc1c(Sc2ccc(-c3ccccc3)cc2)cccc1-c1ccccc1. The highest BCUT2D eigenvalue weighted by Gasteiger charge is 2.08. The maximum atomic E-state index is 4.81. The van der Waals surface area contributed by atoms with Gasteiger partial charge in [0.2, 0.25) is 0 Å². The van der Waals surface area contributed by atoms with Gasteiger partial charge in [0, 0.05) is 14.7 Å². The predicted molar refractivity (Wildman–Crippen MR) is 115 cm³/mol. The van der Waals surface area contributed by atoms with E-state index in [4.69, 9.17) is 12.6 Å². The molecule has 0 bridgehead atoms. The molecule has 4 rings (SSSR count). The summed E-state index contributed by atoms with van der Waals surface area (Å²) in [6.45, 7) is 0. The number of hydrogen-bond acceptors (Lipinski definition) is 2. The molecule has 0 heterocycles. The zero-order valence-corrected chi connectivity index (χ0v) is 15.9. The summed E-state index contributed by atoms with van der Waals surface area (Å²) in [6, 6.07) is 35.9. The lowest BCUT2D eigenvalue weighted by Crippen LogP contribution is -1.84. The monoisotopic (exact) mass is 370 g/mol. The molecule has 4 aromatic rings. The summed E-state index contributed by atoms with van der Waals surface area (Å²) >= 11 is 6.56. The van der Waals surface area contributed by atoms with Gasteiger partial charge in [0.15, 0.2) is 0 Å². The molecule has 0 amide bonds. The van der Waals surface area contributed by atoms with E-state index in [0.717, 1.165) is 4.90 Å². The molecule has 0 saturated heterocycles. The Hall–Kier alpha value is -2.42. The molecule has 0 saturated carbocycles. The largest absolute Gasteiger partial charge is 0.142 e. The second-order valence-electron chi connectivity index (χ2n) is 6.01. The third-order valence-electron chi connectivity index (χ3n) is 4.27. The van der Waals surface area contributed by atoms with E-state index in [0.29, 0.717) is 0 Å². The molecule has 0 aliphatic rings. The van der Waals surface area contributed by atoms with Crippen molar-refractivity contribution in [1.82, 2.24) is 0 Å². The van der Waals surface area contributed by atoms with Crippen molar-refractivity contribution in [3.8, 4) is 22.3 Å². The summed E-state index contributed by atoms with van der Waals surface area (Å²) in [7, 11) is 0. The molecular weight excluding hydrogens is 352 g/mol. The van der Waals surface area contributed by atoms with Gasteiger partial charge in [-0.3, -0.25) is 0 Å². The van der Waals surface area contributed by atoms with E-state index >= 15 is 0 Å². The van der Waals surface area contributed by atoms with Crippen molar-refractivity contribution < 1.29 is 0 Å². The first kappa shape index (κ1) is 17.0. The van der Waals surface area contributed by atoms with E-state index in [2.05, 4.69) is 91.0 Å². The Morgan fingerprint density at radius 3 is 1.73 bits per heavy atom. The highest BCUT2D eigenvalue weighted by molar-refractivity contribution is 7.99. The number of rotatable bonds is 4. The lowest BCUT2D eigenvalue weighted by Gasteiger charge is -2.11. The highest BCUT2D eigenvalue weighted by atomic mass is 32.2. The molecule has 0 radical (unpaired) electrons. The van der Waals surface area contributed by atoms with Gasteiger partial charge < -0.3 is 0 Å². The first-order chi connectivity index (χ1) is 12.8. The fourth-order valence-electron chi connectivity index (χ4n) is 2.93. The van der Waals surface area contributed by atoms with Crippen molar-refractivity contribution in [2.75, 3.05) is 0 Å². The Bertz CT molecular complexity index is 991. The van der Waals surface area contributed by atoms with Gasteiger partial charge in [-0.2, -0.15) is 0 Å². The van der Waals surface area contributed by atoms with Gasteiger partial charge in [-0.15, -0.1) is 12.6 Å². The lowest BCUT2D eigenvalue weighted by atomic mass is 10.1. The molecule has 126 valence electrons. The zero-order chi connectivity index (χ0) is 17.8. The van der Waals surface area contributed by atoms with Crippen LogP contribution in [0.4, 0.5) is 0 Å². The molecule has 26 heavy (non-hydrogen) atoms. The predicted octanol–water partition coefficient (Wildman–Crippen LogP) is 7.46. The molecular formula is C24H18S2. The van der Waals surface area contributed by atoms with Crippen LogP contribution in [-0.2, 0) is 0 Å². The van der Waals surface area contributed by atoms with Crippen molar-refractivity contribution in [3.05, 3.63) is 103 Å². The Labute approximate surface area is 164 Å². The Morgan fingerprint density at radius 1 is 0.500 bits per heavy atom. The van der Waals surface area contributed by atoms with Gasteiger partial charge in [0.25, 0.3) is 0 Å². The molecule has 0 aliphatic carbocycles. The fourth-order valence-corrected chi connectivity index (χ4v) is 4.22.